The molecule has 0 bridgehead atoms. The first-order valence-electron chi connectivity index (χ1n) is 10.4. The van der Waals surface area contributed by atoms with Crippen LogP contribution in [0.25, 0.3) is 0 Å². The van der Waals surface area contributed by atoms with Gasteiger partial charge in [-0.3, -0.25) is 14.5 Å². The first-order valence-corrected chi connectivity index (χ1v) is 10.4. The number of aryl methyl sites for hydroxylation is 1. The second-order valence-corrected chi connectivity index (χ2v) is 8.34. The Labute approximate surface area is 167 Å². The normalized spacial score (nSPS) is 19.6. The highest BCUT2D eigenvalue weighted by Gasteiger charge is 2.49. The number of hydrogen-bond acceptors (Lipinski definition) is 3. The SMILES string of the molecule is CCc1cc(C(=O)N2CCN(C(=O)[C@H](CC)N(C)C)CC23CCC3)ccc1F. The van der Waals surface area contributed by atoms with E-state index in [0.29, 0.717) is 37.2 Å². The van der Waals surface area contributed by atoms with E-state index >= 15 is 0 Å². The Bertz CT molecular complexity index is 745. The molecule has 0 unspecified atom stereocenters. The van der Waals surface area contributed by atoms with Gasteiger partial charge in [0, 0.05) is 25.2 Å². The van der Waals surface area contributed by atoms with Crippen LogP contribution in [-0.2, 0) is 11.2 Å². The zero-order chi connectivity index (χ0) is 20.5. The Balaban J connectivity index is 1.80. The highest BCUT2D eigenvalue weighted by Crippen LogP contribution is 2.41. The summed E-state index contributed by atoms with van der Waals surface area (Å²) in [6.45, 7) is 5.61. The van der Waals surface area contributed by atoms with E-state index in [1.165, 1.54) is 6.07 Å². The van der Waals surface area contributed by atoms with Crippen LogP contribution in [0, 0.1) is 5.82 Å². The molecule has 1 aliphatic heterocycles. The smallest absolute Gasteiger partial charge is 0.254 e. The lowest BCUT2D eigenvalue weighted by Gasteiger charge is -2.56. The highest BCUT2D eigenvalue weighted by atomic mass is 19.1. The molecule has 0 radical (unpaired) electrons. The van der Waals surface area contributed by atoms with Gasteiger partial charge in [0.1, 0.15) is 5.82 Å². The maximum Gasteiger partial charge on any atom is 0.254 e. The fraction of sp³-hybridized carbons (Fsp3) is 0.636. The summed E-state index contributed by atoms with van der Waals surface area (Å²) in [4.78, 5) is 32.1. The number of nitrogens with zero attached hydrogens (tertiary/aromatic N) is 3. The number of amides is 2. The van der Waals surface area contributed by atoms with Gasteiger partial charge in [-0.05, 0) is 70.0 Å². The predicted molar refractivity (Wildman–Crippen MR) is 108 cm³/mol. The molecular formula is C22H32FN3O2. The Morgan fingerprint density at radius 3 is 2.46 bits per heavy atom. The number of carbonyl (C=O) groups is 2. The number of halogens is 1. The van der Waals surface area contributed by atoms with Crippen molar-refractivity contribution in [3.05, 3.63) is 35.1 Å². The van der Waals surface area contributed by atoms with Crippen LogP contribution in [0.3, 0.4) is 0 Å². The molecule has 2 aliphatic rings. The largest absolute Gasteiger partial charge is 0.337 e. The quantitative estimate of drug-likeness (QED) is 0.778. The maximum absolute atomic E-state index is 13.8. The van der Waals surface area contributed by atoms with Gasteiger partial charge >= 0.3 is 0 Å². The third-order valence-electron chi connectivity index (χ3n) is 6.46. The van der Waals surface area contributed by atoms with Crippen molar-refractivity contribution in [2.45, 2.75) is 57.5 Å². The third-order valence-corrected chi connectivity index (χ3v) is 6.46. The average Bonchev–Trinajstić information content (AvgIpc) is 2.66. The Hall–Kier alpha value is -1.95. The van der Waals surface area contributed by atoms with Crippen LogP contribution in [0.4, 0.5) is 4.39 Å². The number of rotatable bonds is 5. The van der Waals surface area contributed by atoms with Crippen molar-refractivity contribution < 1.29 is 14.0 Å². The Kier molecular flexibility index (Phi) is 6.08. The molecule has 1 aromatic rings. The van der Waals surface area contributed by atoms with Gasteiger partial charge in [0.15, 0.2) is 0 Å². The molecule has 2 amide bonds. The molecule has 0 aromatic heterocycles. The third kappa shape index (κ3) is 3.66. The van der Waals surface area contributed by atoms with E-state index in [4.69, 9.17) is 0 Å². The molecule has 1 saturated carbocycles. The molecule has 28 heavy (non-hydrogen) atoms. The molecule has 154 valence electrons. The van der Waals surface area contributed by atoms with E-state index < -0.39 is 0 Å². The Morgan fingerprint density at radius 2 is 1.93 bits per heavy atom. The number of likely N-dealkylation sites (N-methyl/N-ethyl adjacent to an activating group) is 1. The molecular weight excluding hydrogens is 357 g/mol. The summed E-state index contributed by atoms with van der Waals surface area (Å²) < 4.78 is 13.8. The van der Waals surface area contributed by atoms with E-state index in [9.17, 15) is 14.0 Å². The van der Waals surface area contributed by atoms with Gasteiger partial charge in [0.25, 0.3) is 5.91 Å². The van der Waals surface area contributed by atoms with Crippen LogP contribution in [0.2, 0.25) is 0 Å². The first kappa shape index (κ1) is 20.8. The molecule has 5 nitrogen and oxygen atoms in total. The molecule has 1 saturated heterocycles. The number of benzene rings is 1. The van der Waals surface area contributed by atoms with E-state index in [1.54, 1.807) is 12.1 Å². The average molecular weight is 390 g/mol. The summed E-state index contributed by atoms with van der Waals surface area (Å²) in [7, 11) is 3.87. The van der Waals surface area contributed by atoms with Gasteiger partial charge in [0.05, 0.1) is 11.6 Å². The molecule has 6 heteroatoms. The lowest BCUT2D eigenvalue weighted by atomic mass is 9.73. The minimum atomic E-state index is -0.267. The molecule has 2 fully saturated rings. The van der Waals surface area contributed by atoms with Crippen molar-refractivity contribution in [2.24, 2.45) is 0 Å². The molecule has 1 spiro atoms. The summed E-state index contributed by atoms with van der Waals surface area (Å²) in [5.74, 6) is -0.149. The monoisotopic (exact) mass is 389 g/mol. The van der Waals surface area contributed by atoms with E-state index in [-0.39, 0.29) is 29.2 Å². The van der Waals surface area contributed by atoms with Crippen LogP contribution < -0.4 is 0 Å². The van der Waals surface area contributed by atoms with Gasteiger partial charge in [-0.15, -0.1) is 0 Å². The summed E-state index contributed by atoms with van der Waals surface area (Å²) in [5, 5.41) is 0. The van der Waals surface area contributed by atoms with Gasteiger partial charge in [-0.25, -0.2) is 4.39 Å². The van der Waals surface area contributed by atoms with E-state index in [1.807, 2.05) is 42.6 Å². The van der Waals surface area contributed by atoms with Crippen molar-refractivity contribution in [1.82, 2.24) is 14.7 Å². The zero-order valence-corrected chi connectivity index (χ0v) is 17.5. The standard InChI is InChI=1S/C22H32FN3O2/c1-5-16-14-17(8-9-18(16)23)20(27)26-13-12-25(15-22(26)10-7-11-22)21(28)19(6-2)24(3)4/h8-9,14,19H,5-7,10-13,15H2,1-4H3/t19-/m0/s1. The van der Waals surface area contributed by atoms with Crippen LogP contribution in [0.15, 0.2) is 18.2 Å². The second kappa shape index (κ2) is 8.19. The van der Waals surface area contributed by atoms with Gasteiger partial charge in [-0.2, -0.15) is 0 Å². The van der Waals surface area contributed by atoms with Crippen LogP contribution in [-0.4, -0.2) is 71.8 Å². The lowest BCUT2D eigenvalue weighted by molar-refractivity contribution is -0.143. The maximum atomic E-state index is 13.8. The lowest BCUT2D eigenvalue weighted by Crippen LogP contribution is -2.68. The molecule has 1 aromatic carbocycles. The minimum absolute atomic E-state index is 0.0406. The summed E-state index contributed by atoms with van der Waals surface area (Å²) in [5.41, 5.74) is 0.847. The fourth-order valence-electron chi connectivity index (χ4n) is 4.60. The summed E-state index contributed by atoms with van der Waals surface area (Å²) in [6.07, 6.45) is 4.24. The summed E-state index contributed by atoms with van der Waals surface area (Å²) in [6, 6.07) is 4.53. The van der Waals surface area contributed by atoms with Gasteiger partial charge in [0.2, 0.25) is 5.91 Å². The second-order valence-electron chi connectivity index (χ2n) is 8.34. The number of hydrogen-bond donors (Lipinski definition) is 0. The molecule has 1 atom stereocenters. The van der Waals surface area contributed by atoms with Crippen molar-refractivity contribution in [2.75, 3.05) is 33.7 Å². The predicted octanol–water partition coefficient (Wildman–Crippen LogP) is 2.94. The van der Waals surface area contributed by atoms with Crippen molar-refractivity contribution in [1.29, 1.82) is 0 Å². The van der Waals surface area contributed by atoms with E-state index in [0.717, 1.165) is 25.7 Å². The zero-order valence-electron chi connectivity index (χ0n) is 17.5. The minimum Gasteiger partial charge on any atom is -0.337 e. The van der Waals surface area contributed by atoms with Crippen molar-refractivity contribution >= 4 is 11.8 Å². The highest BCUT2D eigenvalue weighted by molar-refractivity contribution is 5.95. The van der Waals surface area contributed by atoms with Crippen LogP contribution in [0.1, 0.15) is 55.5 Å². The fourth-order valence-corrected chi connectivity index (χ4v) is 4.60. The molecule has 1 aliphatic carbocycles. The van der Waals surface area contributed by atoms with Gasteiger partial charge in [-0.1, -0.05) is 13.8 Å². The van der Waals surface area contributed by atoms with E-state index in [2.05, 4.69) is 0 Å². The first-order chi connectivity index (χ1) is 13.3. The Morgan fingerprint density at radius 1 is 1.21 bits per heavy atom. The number of piperazine rings is 1. The number of carbonyl (C=O) groups excluding carboxylic acids is 2. The molecule has 1 heterocycles. The molecule has 0 N–H and O–H groups in total. The van der Waals surface area contributed by atoms with Crippen LogP contribution in [0.5, 0.6) is 0 Å². The summed E-state index contributed by atoms with van der Waals surface area (Å²) >= 11 is 0. The van der Waals surface area contributed by atoms with Crippen molar-refractivity contribution in [3.8, 4) is 0 Å². The molecule has 3 rings (SSSR count). The van der Waals surface area contributed by atoms with Crippen molar-refractivity contribution in [3.63, 3.8) is 0 Å². The van der Waals surface area contributed by atoms with Gasteiger partial charge < -0.3 is 9.80 Å². The van der Waals surface area contributed by atoms with Crippen LogP contribution >= 0.6 is 0 Å². The topological polar surface area (TPSA) is 43.9 Å².